The highest BCUT2D eigenvalue weighted by Gasteiger charge is 2.06. The Morgan fingerprint density at radius 1 is 1.53 bits per heavy atom. The zero-order valence-electron chi connectivity index (χ0n) is 9.16. The first-order chi connectivity index (χ1) is 7.17. The molecule has 3 nitrogen and oxygen atoms in total. The normalized spacial score (nSPS) is 12.5. The van der Waals surface area contributed by atoms with Gasteiger partial charge in [0.15, 0.2) is 0 Å². The molecule has 2 N–H and O–H groups in total. The predicted molar refractivity (Wildman–Crippen MR) is 62.1 cm³/mol. The SMILES string of the molecule is CCCC(C)Oc1ccc(Cl)c(CN)n1. The largest absolute Gasteiger partial charge is 0.475 e. The van der Waals surface area contributed by atoms with E-state index in [1.807, 2.05) is 6.92 Å². The minimum atomic E-state index is 0.175. The summed E-state index contributed by atoms with van der Waals surface area (Å²) in [7, 11) is 0. The van der Waals surface area contributed by atoms with Crippen molar-refractivity contribution in [2.75, 3.05) is 0 Å². The summed E-state index contributed by atoms with van der Waals surface area (Å²) in [6, 6.07) is 3.54. The summed E-state index contributed by atoms with van der Waals surface area (Å²) in [5.41, 5.74) is 6.19. The smallest absolute Gasteiger partial charge is 0.213 e. The molecule has 0 amide bonds. The maximum Gasteiger partial charge on any atom is 0.213 e. The van der Waals surface area contributed by atoms with E-state index in [1.165, 1.54) is 0 Å². The van der Waals surface area contributed by atoms with Crippen LogP contribution in [0.2, 0.25) is 5.02 Å². The van der Waals surface area contributed by atoms with Crippen LogP contribution in [0.4, 0.5) is 0 Å². The van der Waals surface area contributed by atoms with Gasteiger partial charge in [0.05, 0.1) is 16.8 Å². The Kier molecular flexibility index (Phi) is 4.85. The fourth-order valence-electron chi connectivity index (χ4n) is 1.34. The first kappa shape index (κ1) is 12.3. The molecule has 0 saturated carbocycles. The molecule has 1 heterocycles. The van der Waals surface area contributed by atoms with Gasteiger partial charge in [0.25, 0.3) is 0 Å². The lowest BCUT2D eigenvalue weighted by Crippen LogP contribution is -2.13. The van der Waals surface area contributed by atoms with E-state index in [1.54, 1.807) is 12.1 Å². The lowest BCUT2D eigenvalue weighted by Gasteiger charge is -2.13. The number of ether oxygens (including phenoxy) is 1. The summed E-state index contributed by atoms with van der Waals surface area (Å²) in [5, 5.41) is 0.591. The van der Waals surface area contributed by atoms with E-state index in [2.05, 4.69) is 11.9 Å². The van der Waals surface area contributed by atoms with Crippen molar-refractivity contribution in [3.63, 3.8) is 0 Å². The average molecular weight is 229 g/mol. The molecule has 1 aromatic rings. The summed E-state index contributed by atoms with van der Waals surface area (Å²) in [4.78, 5) is 4.23. The van der Waals surface area contributed by atoms with Crippen molar-refractivity contribution in [3.05, 3.63) is 22.8 Å². The van der Waals surface area contributed by atoms with Crippen LogP contribution in [0.15, 0.2) is 12.1 Å². The van der Waals surface area contributed by atoms with Crippen LogP contribution in [0.1, 0.15) is 32.4 Å². The van der Waals surface area contributed by atoms with Gasteiger partial charge >= 0.3 is 0 Å². The average Bonchev–Trinajstić information content (AvgIpc) is 2.21. The van der Waals surface area contributed by atoms with E-state index in [9.17, 15) is 0 Å². The van der Waals surface area contributed by atoms with E-state index < -0.39 is 0 Å². The molecule has 0 saturated heterocycles. The van der Waals surface area contributed by atoms with Crippen molar-refractivity contribution < 1.29 is 4.74 Å². The summed E-state index contributed by atoms with van der Waals surface area (Å²) >= 11 is 5.90. The van der Waals surface area contributed by atoms with Crippen molar-refractivity contribution in [2.24, 2.45) is 5.73 Å². The first-order valence-electron chi connectivity index (χ1n) is 5.19. The molecule has 4 heteroatoms. The predicted octanol–water partition coefficient (Wildman–Crippen LogP) is 2.76. The zero-order valence-corrected chi connectivity index (χ0v) is 9.92. The number of nitrogens with zero attached hydrogens (tertiary/aromatic N) is 1. The van der Waals surface area contributed by atoms with Gasteiger partial charge in [0.1, 0.15) is 0 Å². The molecular weight excluding hydrogens is 212 g/mol. The molecule has 15 heavy (non-hydrogen) atoms. The monoisotopic (exact) mass is 228 g/mol. The summed E-state index contributed by atoms with van der Waals surface area (Å²) in [5.74, 6) is 0.598. The molecule has 0 spiro atoms. The molecule has 1 unspecified atom stereocenters. The van der Waals surface area contributed by atoms with E-state index in [0.29, 0.717) is 23.1 Å². The van der Waals surface area contributed by atoms with Crippen LogP contribution < -0.4 is 10.5 Å². The number of rotatable bonds is 5. The highest BCUT2D eigenvalue weighted by molar-refractivity contribution is 6.31. The quantitative estimate of drug-likeness (QED) is 0.843. The maximum absolute atomic E-state index is 5.90. The summed E-state index contributed by atoms with van der Waals surface area (Å²) < 4.78 is 5.63. The molecule has 0 radical (unpaired) electrons. The highest BCUT2D eigenvalue weighted by Crippen LogP contribution is 2.18. The van der Waals surface area contributed by atoms with Gasteiger partial charge < -0.3 is 10.5 Å². The molecule has 0 aliphatic rings. The highest BCUT2D eigenvalue weighted by atomic mass is 35.5. The molecule has 1 rings (SSSR count). The Morgan fingerprint density at radius 2 is 2.27 bits per heavy atom. The van der Waals surface area contributed by atoms with Crippen LogP contribution >= 0.6 is 11.6 Å². The fraction of sp³-hybridized carbons (Fsp3) is 0.545. The number of nitrogens with two attached hydrogens (primary N) is 1. The van der Waals surface area contributed by atoms with Crippen LogP contribution in [0.3, 0.4) is 0 Å². The molecule has 1 aromatic heterocycles. The van der Waals surface area contributed by atoms with E-state index in [4.69, 9.17) is 22.1 Å². The number of aromatic nitrogens is 1. The van der Waals surface area contributed by atoms with Crippen molar-refractivity contribution in [1.29, 1.82) is 0 Å². The second-order valence-corrected chi connectivity index (χ2v) is 3.91. The lowest BCUT2D eigenvalue weighted by atomic mass is 10.2. The van der Waals surface area contributed by atoms with Gasteiger partial charge in [-0.05, 0) is 19.4 Å². The van der Waals surface area contributed by atoms with Crippen LogP contribution in [-0.4, -0.2) is 11.1 Å². The Morgan fingerprint density at radius 3 is 2.87 bits per heavy atom. The number of halogens is 1. The standard InChI is InChI=1S/C11H17ClN2O/c1-3-4-8(2)15-11-6-5-9(12)10(7-13)14-11/h5-6,8H,3-4,7,13H2,1-2H3. The van der Waals surface area contributed by atoms with Gasteiger partial charge in [-0.3, -0.25) is 0 Å². The van der Waals surface area contributed by atoms with E-state index in [-0.39, 0.29) is 6.10 Å². The second kappa shape index (κ2) is 5.93. The Balaban J connectivity index is 2.69. The lowest BCUT2D eigenvalue weighted by molar-refractivity contribution is 0.201. The topological polar surface area (TPSA) is 48.1 Å². The molecule has 0 bridgehead atoms. The number of hydrogen-bond donors (Lipinski definition) is 1. The maximum atomic E-state index is 5.90. The molecule has 1 atom stereocenters. The van der Waals surface area contributed by atoms with Crippen molar-refractivity contribution >= 4 is 11.6 Å². The fourth-order valence-corrected chi connectivity index (χ4v) is 1.53. The van der Waals surface area contributed by atoms with Crippen molar-refractivity contribution in [3.8, 4) is 5.88 Å². The minimum Gasteiger partial charge on any atom is -0.475 e. The number of hydrogen-bond acceptors (Lipinski definition) is 3. The third-order valence-electron chi connectivity index (χ3n) is 2.10. The molecule has 0 aliphatic heterocycles. The van der Waals surface area contributed by atoms with Crippen molar-refractivity contribution in [1.82, 2.24) is 4.98 Å². The summed E-state index contributed by atoms with van der Waals surface area (Å²) in [6.07, 6.45) is 2.29. The van der Waals surface area contributed by atoms with Gasteiger partial charge in [0.2, 0.25) is 5.88 Å². The summed E-state index contributed by atoms with van der Waals surface area (Å²) in [6.45, 7) is 4.49. The molecule has 84 valence electrons. The van der Waals surface area contributed by atoms with Gasteiger partial charge in [-0.25, -0.2) is 4.98 Å². The third kappa shape index (κ3) is 3.68. The second-order valence-electron chi connectivity index (χ2n) is 3.50. The third-order valence-corrected chi connectivity index (χ3v) is 2.45. The van der Waals surface area contributed by atoms with E-state index in [0.717, 1.165) is 12.8 Å². The Hall–Kier alpha value is -0.800. The zero-order chi connectivity index (χ0) is 11.3. The Labute approximate surface area is 95.6 Å². The van der Waals surface area contributed by atoms with E-state index >= 15 is 0 Å². The first-order valence-corrected chi connectivity index (χ1v) is 5.57. The molecular formula is C11H17ClN2O. The minimum absolute atomic E-state index is 0.175. The van der Waals surface area contributed by atoms with Crippen LogP contribution in [0.25, 0.3) is 0 Å². The van der Waals surface area contributed by atoms with Gasteiger partial charge in [0, 0.05) is 12.6 Å². The van der Waals surface area contributed by atoms with Crippen molar-refractivity contribution in [2.45, 2.75) is 39.3 Å². The van der Waals surface area contributed by atoms with Gasteiger partial charge in [-0.2, -0.15) is 0 Å². The van der Waals surface area contributed by atoms with Gasteiger partial charge in [-0.1, -0.05) is 24.9 Å². The molecule has 0 aromatic carbocycles. The molecule has 0 aliphatic carbocycles. The van der Waals surface area contributed by atoms with Crippen LogP contribution in [-0.2, 0) is 6.54 Å². The Bertz CT molecular complexity index is 317. The number of pyridine rings is 1. The molecule has 0 fully saturated rings. The van der Waals surface area contributed by atoms with Crippen LogP contribution in [0.5, 0.6) is 5.88 Å². The van der Waals surface area contributed by atoms with Crippen LogP contribution in [0, 0.1) is 0 Å². The van der Waals surface area contributed by atoms with Gasteiger partial charge in [-0.15, -0.1) is 0 Å².